The summed E-state index contributed by atoms with van der Waals surface area (Å²) < 4.78 is 68.4. The molecule has 1 unspecified atom stereocenters. The van der Waals surface area contributed by atoms with Crippen LogP contribution in [0.4, 0.5) is 26.3 Å². The fraction of sp³-hybridized carbons (Fsp3) is 1.00. The number of hydrogen-bond donors (Lipinski definition) is 0. The third-order valence-corrected chi connectivity index (χ3v) is 1.08. The zero-order valence-corrected chi connectivity index (χ0v) is 9.30. The zero-order chi connectivity index (χ0) is 9.50. The van der Waals surface area contributed by atoms with Crippen molar-refractivity contribution in [3.63, 3.8) is 0 Å². The third kappa shape index (κ3) is 3.15. The van der Waals surface area contributed by atoms with Crippen molar-refractivity contribution in [1.29, 1.82) is 0 Å². The van der Waals surface area contributed by atoms with Gasteiger partial charge >= 0.3 is 57.6 Å². The Balaban J connectivity index is 0. The van der Waals surface area contributed by atoms with Crippen LogP contribution in [0.3, 0.4) is 0 Å². The van der Waals surface area contributed by atoms with E-state index < -0.39 is 24.9 Å². The molecule has 0 N–H and O–H groups in total. The van der Waals surface area contributed by atoms with Crippen LogP contribution in [0.1, 0.15) is 6.92 Å². The van der Waals surface area contributed by atoms with Crippen LogP contribution in [0.5, 0.6) is 0 Å². The number of halogens is 6. The first kappa shape index (κ1) is 15.6. The first-order valence-corrected chi connectivity index (χ1v) is 2.34. The van der Waals surface area contributed by atoms with Crippen molar-refractivity contribution in [2.45, 2.75) is 24.9 Å². The van der Waals surface area contributed by atoms with E-state index in [1.54, 1.807) is 0 Å². The largest absolute Gasteiger partial charge is 1.00 e. The molecule has 0 aliphatic heterocycles. The summed E-state index contributed by atoms with van der Waals surface area (Å²) in [5.41, 5.74) is -5.01. The number of rotatable bonds is 1. The van der Waals surface area contributed by atoms with Crippen molar-refractivity contribution in [2.75, 3.05) is 0 Å². The van der Waals surface area contributed by atoms with E-state index in [0.717, 1.165) is 0 Å². The van der Waals surface area contributed by atoms with Crippen LogP contribution in [0.25, 0.3) is 0 Å². The average molecular weight is 220 g/mol. The standard InChI is InChI=1S/C4H3F6O.K/c1-2(5,3(6,7)8)4(9,10)11;/h1H3;/q-1;+1. The molecule has 1 nitrogen and oxygen atoms in total. The van der Waals surface area contributed by atoms with Crippen LogP contribution >= 0.6 is 0 Å². The van der Waals surface area contributed by atoms with Crippen LogP contribution in [-0.2, 0) is 0 Å². The molecule has 12 heavy (non-hydrogen) atoms. The molecule has 1 atom stereocenters. The summed E-state index contributed by atoms with van der Waals surface area (Å²) in [6.07, 6.45) is -11.5. The molecule has 0 radical (unpaired) electrons. The summed E-state index contributed by atoms with van der Waals surface area (Å²) in [6, 6.07) is 0. The molecule has 0 heterocycles. The van der Waals surface area contributed by atoms with Crippen LogP contribution < -0.4 is 56.5 Å². The summed E-state index contributed by atoms with van der Waals surface area (Å²) >= 11 is 0. The number of alkyl halides is 6. The van der Waals surface area contributed by atoms with Crippen LogP contribution in [0.15, 0.2) is 0 Å². The van der Waals surface area contributed by atoms with Crippen molar-refractivity contribution < 1.29 is 82.8 Å². The second-order valence-electron chi connectivity index (χ2n) is 2.02. The van der Waals surface area contributed by atoms with E-state index in [9.17, 15) is 31.4 Å². The van der Waals surface area contributed by atoms with E-state index in [4.69, 9.17) is 0 Å². The van der Waals surface area contributed by atoms with Crippen LogP contribution in [0.2, 0.25) is 0 Å². The van der Waals surface area contributed by atoms with Crippen molar-refractivity contribution in [3.8, 4) is 0 Å². The SMILES string of the molecule is CC(F)(C([O-])(F)F)C(F)(F)F.[K+]. The van der Waals surface area contributed by atoms with Crippen molar-refractivity contribution in [2.24, 2.45) is 0 Å². The summed E-state index contributed by atoms with van der Waals surface area (Å²) in [7, 11) is 0. The normalized spacial score (nSPS) is 18.0. The first-order valence-electron chi connectivity index (χ1n) is 2.34. The minimum absolute atomic E-state index is 0. The fourth-order valence-corrected chi connectivity index (χ4v) is 0.165. The van der Waals surface area contributed by atoms with Gasteiger partial charge in [0, 0.05) is 0 Å². The van der Waals surface area contributed by atoms with Crippen molar-refractivity contribution in [1.82, 2.24) is 0 Å². The van der Waals surface area contributed by atoms with Gasteiger partial charge in [-0.05, 0) is 6.92 Å². The van der Waals surface area contributed by atoms with Gasteiger partial charge in [-0.3, -0.25) is 0 Å². The Morgan fingerprint density at radius 3 is 1.17 bits per heavy atom. The molecular weight excluding hydrogens is 217 g/mol. The Morgan fingerprint density at radius 1 is 0.917 bits per heavy atom. The predicted octanol–water partition coefficient (Wildman–Crippen LogP) is -1.77. The average Bonchev–Trinajstić information content (AvgIpc) is 1.58. The molecule has 0 aromatic heterocycles. The maximum atomic E-state index is 11.9. The Morgan fingerprint density at radius 2 is 1.17 bits per heavy atom. The Labute approximate surface area is 107 Å². The summed E-state index contributed by atoms with van der Waals surface area (Å²) in [5.74, 6) is 0. The van der Waals surface area contributed by atoms with E-state index in [1.807, 2.05) is 0 Å². The Hall–Kier alpha value is 1.18. The zero-order valence-electron chi connectivity index (χ0n) is 6.18. The molecule has 0 saturated heterocycles. The van der Waals surface area contributed by atoms with Gasteiger partial charge in [0.05, 0.1) is 0 Å². The summed E-state index contributed by atoms with van der Waals surface area (Å²) in [6.45, 7) is -0.500. The smallest absolute Gasteiger partial charge is 0.796 e. The molecule has 0 aliphatic rings. The molecule has 0 aromatic carbocycles. The van der Waals surface area contributed by atoms with Gasteiger partial charge < -0.3 is 5.11 Å². The minimum atomic E-state index is -5.85. The molecule has 0 spiro atoms. The molecule has 68 valence electrons. The topological polar surface area (TPSA) is 23.1 Å². The van der Waals surface area contributed by atoms with E-state index in [1.165, 1.54) is 0 Å². The van der Waals surface area contributed by atoms with Crippen molar-refractivity contribution >= 4 is 0 Å². The van der Waals surface area contributed by atoms with Gasteiger partial charge in [-0.1, -0.05) is 0 Å². The molecule has 0 aromatic rings. The van der Waals surface area contributed by atoms with Gasteiger partial charge in [0.2, 0.25) is 6.11 Å². The summed E-state index contributed by atoms with van der Waals surface area (Å²) in [4.78, 5) is 0. The molecule has 0 aliphatic carbocycles. The van der Waals surface area contributed by atoms with E-state index in [2.05, 4.69) is 0 Å². The predicted molar refractivity (Wildman–Crippen MR) is 20.5 cm³/mol. The molecule has 0 saturated carbocycles. The monoisotopic (exact) mass is 220 g/mol. The molecule has 8 heteroatoms. The van der Waals surface area contributed by atoms with E-state index in [-0.39, 0.29) is 51.4 Å². The second-order valence-corrected chi connectivity index (χ2v) is 2.02. The number of hydrogen-bond acceptors (Lipinski definition) is 1. The summed E-state index contributed by atoms with van der Waals surface area (Å²) in [5, 5.41) is 9.34. The van der Waals surface area contributed by atoms with Gasteiger partial charge in [-0.2, -0.15) is 13.2 Å². The molecule has 0 bridgehead atoms. The van der Waals surface area contributed by atoms with Crippen LogP contribution in [0, 0.1) is 0 Å². The minimum Gasteiger partial charge on any atom is -0.796 e. The maximum absolute atomic E-state index is 11.9. The van der Waals surface area contributed by atoms with Crippen LogP contribution in [-0.4, -0.2) is 18.0 Å². The molecule has 0 fully saturated rings. The molecule has 0 amide bonds. The second kappa shape index (κ2) is 4.14. The molecule has 0 rings (SSSR count). The first-order chi connectivity index (χ1) is 4.50. The van der Waals surface area contributed by atoms with Gasteiger partial charge in [-0.15, -0.1) is 0 Å². The van der Waals surface area contributed by atoms with Crippen molar-refractivity contribution in [3.05, 3.63) is 0 Å². The molecular formula is C4H3F6KO. The Bertz CT molecular complexity index is 131. The van der Waals surface area contributed by atoms with Gasteiger partial charge in [-0.25, -0.2) is 13.2 Å². The van der Waals surface area contributed by atoms with Gasteiger partial charge in [0.25, 0.3) is 5.67 Å². The van der Waals surface area contributed by atoms with Gasteiger partial charge in [0.1, 0.15) is 0 Å². The quantitative estimate of drug-likeness (QED) is 0.379. The fourth-order valence-electron chi connectivity index (χ4n) is 0.165. The maximum Gasteiger partial charge on any atom is 1.00 e. The van der Waals surface area contributed by atoms with Gasteiger partial charge in [0.15, 0.2) is 0 Å². The third-order valence-electron chi connectivity index (χ3n) is 1.08. The van der Waals surface area contributed by atoms with E-state index in [0.29, 0.717) is 0 Å². The van der Waals surface area contributed by atoms with E-state index >= 15 is 0 Å². The Kier molecular flexibility index (Phi) is 5.39.